The lowest BCUT2D eigenvalue weighted by Crippen LogP contribution is -2.36. The van der Waals surface area contributed by atoms with Gasteiger partial charge in [-0.25, -0.2) is 4.99 Å². The molecule has 3 N–H and O–H groups in total. The van der Waals surface area contributed by atoms with Crippen LogP contribution in [0.3, 0.4) is 0 Å². The highest BCUT2D eigenvalue weighted by molar-refractivity contribution is 6.10. The molecule has 2 aromatic carbocycles. The van der Waals surface area contributed by atoms with E-state index >= 15 is 0 Å². The largest absolute Gasteiger partial charge is 0.326 e. The predicted molar refractivity (Wildman–Crippen MR) is 132 cm³/mol. The zero-order chi connectivity index (χ0) is 23.8. The van der Waals surface area contributed by atoms with Gasteiger partial charge in [0.2, 0.25) is 11.9 Å². The van der Waals surface area contributed by atoms with Crippen molar-refractivity contribution in [2.75, 3.05) is 10.6 Å². The van der Waals surface area contributed by atoms with Gasteiger partial charge in [-0.3, -0.25) is 19.9 Å². The smallest absolute Gasteiger partial charge is 0.258 e. The maximum absolute atomic E-state index is 13.0. The molecule has 7 heteroatoms. The van der Waals surface area contributed by atoms with E-state index in [1.165, 1.54) is 12.5 Å². The minimum atomic E-state index is -0.339. The number of rotatable bonds is 6. The summed E-state index contributed by atoms with van der Waals surface area (Å²) < 4.78 is 0. The number of benzene rings is 2. The topological polar surface area (TPSA) is 95.5 Å². The van der Waals surface area contributed by atoms with Crippen LogP contribution in [0.1, 0.15) is 53.9 Å². The summed E-state index contributed by atoms with van der Waals surface area (Å²) in [4.78, 5) is 33.3. The first-order chi connectivity index (χ1) is 15.8. The van der Waals surface area contributed by atoms with Crippen molar-refractivity contribution >= 4 is 29.1 Å². The Labute approximate surface area is 194 Å². The fourth-order valence-electron chi connectivity index (χ4n) is 3.14. The average molecular weight is 444 g/mol. The maximum Gasteiger partial charge on any atom is 0.258 e. The van der Waals surface area contributed by atoms with Crippen LogP contribution >= 0.6 is 0 Å². The number of hydrogen-bond acceptors (Lipinski definition) is 4. The predicted octanol–water partition coefficient (Wildman–Crippen LogP) is 4.87. The van der Waals surface area contributed by atoms with Crippen LogP contribution in [0.5, 0.6) is 0 Å². The van der Waals surface area contributed by atoms with Crippen molar-refractivity contribution in [1.82, 2.24) is 10.3 Å². The summed E-state index contributed by atoms with van der Waals surface area (Å²) in [6.45, 7) is 7.86. The third-order valence-electron chi connectivity index (χ3n) is 4.98. The van der Waals surface area contributed by atoms with Gasteiger partial charge >= 0.3 is 0 Å². The number of aromatic nitrogens is 1. The van der Waals surface area contributed by atoms with Crippen molar-refractivity contribution in [3.8, 4) is 0 Å². The lowest BCUT2D eigenvalue weighted by Gasteiger charge is -2.14. The number of pyridine rings is 1. The molecule has 3 rings (SSSR count). The second kappa shape index (κ2) is 11.0. The molecule has 0 radical (unpaired) electrons. The quantitative estimate of drug-likeness (QED) is 0.374. The summed E-state index contributed by atoms with van der Waals surface area (Å²) in [5.41, 5.74) is 4.66. The van der Waals surface area contributed by atoms with Crippen LogP contribution in [-0.2, 0) is 11.3 Å². The third-order valence-corrected chi connectivity index (χ3v) is 4.98. The Morgan fingerprint density at radius 2 is 1.82 bits per heavy atom. The Balaban J connectivity index is 1.85. The van der Waals surface area contributed by atoms with Crippen LogP contribution in [0.4, 0.5) is 11.4 Å². The van der Waals surface area contributed by atoms with Gasteiger partial charge < -0.3 is 10.6 Å². The standard InChI is InChI=1S/C26H29N5O2/c1-17(2)20-8-7-10-22(14-20)30-26(28-16-23-9-5-6-13-27-23)31-25(33)21-12-11-18(3)24(15-21)29-19(4)32/h5-15,17H,16H2,1-4H3,(H,29,32)(H2,28,30,31,33). The number of hydrogen-bond donors (Lipinski definition) is 3. The highest BCUT2D eigenvalue weighted by Gasteiger charge is 2.12. The molecule has 0 aliphatic rings. The summed E-state index contributed by atoms with van der Waals surface area (Å²) in [6, 6.07) is 18.8. The van der Waals surface area contributed by atoms with E-state index in [-0.39, 0.29) is 11.8 Å². The molecule has 3 aromatic rings. The van der Waals surface area contributed by atoms with Crippen LogP contribution in [0.15, 0.2) is 71.9 Å². The minimum Gasteiger partial charge on any atom is -0.326 e. The molecular weight excluding hydrogens is 414 g/mol. The lowest BCUT2D eigenvalue weighted by atomic mass is 10.0. The summed E-state index contributed by atoms with van der Waals surface area (Å²) in [5.74, 6) is 0.150. The Hall–Kier alpha value is -4.00. The molecule has 2 amide bonds. The molecule has 1 aromatic heterocycles. The summed E-state index contributed by atoms with van der Waals surface area (Å²) in [5, 5.41) is 8.84. The fraction of sp³-hybridized carbons (Fsp3) is 0.231. The van der Waals surface area contributed by atoms with Crippen molar-refractivity contribution in [2.45, 2.75) is 40.2 Å². The number of carbonyl (C=O) groups excluding carboxylic acids is 2. The van der Waals surface area contributed by atoms with Crippen LogP contribution < -0.4 is 16.0 Å². The van der Waals surface area contributed by atoms with Gasteiger partial charge in [-0.05, 0) is 60.4 Å². The van der Waals surface area contributed by atoms with Crippen LogP contribution in [0.2, 0.25) is 0 Å². The number of aliphatic imine (C=N–C) groups is 1. The van der Waals surface area contributed by atoms with E-state index in [2.05, 4.69) is 45.8 Å². The van der Waals surface area contributed by atoms with Gasteiger partial charge in [0, 0.05) is 30.1 Å². The van der Waals surface area contributed by atoms with Gasteiger partial charge in [0.15, 0.2) is 0 Å². The van der Waals surface area contributed by atoms with Gasteiger partial charge in [0.05, 0.1) is 12.2 Å². The zero-order valence-corrected chi connectivity index (χ0v) is 19.3. The van der Waals surface area contributed by atoms with Gasteiger partial charge in [-0.2, -0.15) is 0 Å². The highest BCUT2D eigenvalue weighted by Crippen LogP contribution is 2.19. The first kappa shape index (κ1) is 23.7. The van der Waals surface area contributed by atoms with Crippen molar-refractivity contribution in [1.29, 1.82) is 0 Å². The summed E-state index contributed by atoms with van der Waals surface area (Å²) >= 11 is 0. The number of nitrogens with zero attached hydrogens (tertiary/aromatic N) is 2. The fourth-order valence-corrected chi connectivity index (χ4v) is 3.14. The Morgan fingerprint density at radius 3 is 2.52 bits per heavy atom. The molecule has 0 saturated carbocycles. The van der Waals surface area contributed by atoms with E-state index in [4.69, 9.17) is 0 Å². The highest BCUT2D eigenvalue weighted by atomic mass is 16.2. The van der Waals surface area contributed by atoms with E-state index in [9.17, 15) is 9.59 Å². The molecule has 33 heavy (non-hydrogen) atoms. The van der Waals surface area contributed by atoms with E-state index in [1.54, 1.807) is 24.4 Å². The number of aryl methyl sites for hydroxylation is 1. The second-order valence-corrected chi connectivity index (χ2v) is 8.06. The zero-order valence-electron chi connectivity index (χ0n) is 19.3. The van der Waals surface area contributed by atoms with Gasteiger partial charge in [0.1, 0.15) is 0 Å². The molecule has 0 spiro atoms. The van der Waals surface area contributed by atoms with Crippen LogP contribution in [0, 0.1) is 6.92 Å². The first-order valence-corrected chi connectivity index (χ1v) is 10.8. The SMILES string of the molecule is CC(=O)Nc1cc(C(=O)NC(=NCc2ccccn2)Nc2cccc(C(C)C)c2)ccc1C. The number of anilines is 2. The Kier molecular flexibility index (Phi) is 7.91. The van der Waals surface area contributed by atoms with Crippen molar-refractivity contribution in [3.63, 3.8) is 0 Å². The van der Waals surface area contributed by atoms with Crippen molar-refractivity contribution < 1.29 is 9.59 Å². The molecule has 1 heterocycles. The number of amides is 2. The molecular formula is C26H29N5O2. The van der Waals surface area contributed by atoms with Crippen LogP contribution in [0.25, 0.3) is 0 Å². The van der Waals surface area contributed by atoms with Crippen molar-refractivity contribution in [3.05, 3.63) is 89.2 Å². The summed E-state index contributed by atoms with van der Waals surface area (Å²) in [6.07, 6.45) is 1.71. The lowest BCUT2D eigenvalue weighted by molar-refractivity contribution is -0.114. The molecule has 0 fully saturated rings. The van der Waals surface area contributed by atoms with Crippen molar-refractivity contribution in [2.24, 2.45) is 4.99 Å². The monoisotopic (exact) mass is 443 g/mol. The molecule has 0 aliphatic carbocycles. The van der Waals surface area contributed by atoms with E-state index in [0.29, 0.717) is 29.7 Å². The van der Waals surface area contributed by atoms with E-state index in [0.717, 1.165) is 16.9 Å². The van der Waals surface area contributed by atoms with E-state index in [1.807, 2.05) is 43.3 Å². The average Bonchev–Trinajstić information content (AvgIpc) is 2.79. The molecule has 0 aliphatic heterocycles. The van der Waals surface area contributed by atoms with E-state index < -0.39 is 0 Å². The number of nitrogens with one attached hydrogen (secondary N) is 3. The van der Waals surface area contributed by atoms with Gasteiger partial charge in [-0.1, -0.05) is 38.1 Å². The molecule has 0 bridgehead atoms. The maximum atomic E-state index is 13.0. The second-order valence-electron chi connectivity index (χ2n) is 8.06. The normalized spacial score (nSPS) is 11.2. The minimum absolute atomic E-state index is 0.194. The molecule has 0 unspecified atom stereocenters. The third kappa shape index (κ3) is 7.00. The summed E-state index contributed by atoms with van der Waals surface area (Å²) in [7, 11) is 0. The van der Waals surface area contributed by atoms with Crippen LogP contribution in [-0.4, -0.2) is 22.8 Å². The van der Waals surface area contributed by atoms with Gasteiger partial charge in [-0.15, -0.1) is 0 Å². The Bertz CT molecular complexity index is 1160. The molecule has 7 nitrogen and oxygen atoms in total. The first-order valence-electron chi connectivity index (χ1n) is 10.8. The Morgan fingerprint density at radius 1 is 1.00 bits per heavy atom. The number of carbonyl (C=O) groups is 2. The molecule has 0 saturated heterocycles. The molecule has 170 valence electrons. The molecule has 0 atom stereocenters. The number of guanidine groups is 1. The van der Waals surface area contributed by atoms with Gasteiger partial charge in [0.25, 0.3) is 5.91 Å².